The zero-order valence-corrected chi connectivity index (χ0v) is 16.7. The maximum atomic E-state index is 12.4. The second-order valence-corrected chi connectivity index (χ2v) is 7.43. The van der Waals surface area contributed by atoms with Crippen molar-refractivity contribution in [3.05, 3.63) is 59.7 Å². The number of carbonyl (C=O) groups excluding carboxylic acids is 3. The summed E-state index contributed by atoms with van der Waals surface area (Å²) in [5.41, 5.74) is 2.73. The Labute approximate surface area is 170 Å². The summed E-state index contributed by atoms with van der Waals surface area (Å²) in [4.78, 5) is 38.5. The van der Waals surface area contributed by atoms with Crippen LogP contribution in [0.25, 0.3) is 0 Å². The summed E-state index contributed by atoms with van der Waals surface area (Å²) >= 11 is 0. The lowest BCUT2D eigenvalue weighted by Crippen LogP contribution is -2.36. The lowest BCUT2D eigenvalue weighted by Gasteiger charge is -2.17. The molecule has 2 aromatic rings. The first-order chi connectivity index (χ1) is 13.9. The third-order valence-corrected chi connectivity index (χ3v) is 4.52. The van der Waals surface area contributed by atoms with Gasteiger partial charge in [-0.2, -0.15) is 0 Å². The van der Waals surface area contributed by atoms with Crippen molar-refractivity contribution in [2.24, 2.45) is 0 Å². The highest BCUT2D eigenvalue weighted by molar-refractivity contribution is 6.04. The maximum absolute atomic E-state index is 12.4. The van der Waals surface area contributed by atoms with Crippen molar-refractivity contribution in [2.45, 2.75) is 25.8 Å². The molecule has 152 valence electrons. The minimum absolute atomic E-state index is 0.0277. The first-order valence-electron chi connectivity index (χ1n) is 9.65. The monoisotopic (exact) mass is 394 g/mol. The van der Waals surface area contributed by atoms with Crippen LogP contribution in [0.1, 0.15) is 28.8 Å². The van der Waals surface area contributed by atoms with Gasteiger partial charge >= 0.3 is 0 Å². The lowest BCUT2D eigenvalue weighted by molar-refractivity contribution is -0.119. The minimum atomic E-state index is -0.290. The molecule has 3 rings (SSSR count). The van der Waals surface area contributed by atoms with Crippen LogP contribution in [0.15, 0.2) is 48.5 Å². The standard InChI is InChI=1S/C22H26N4O3/c1-15-7-9-16(10-8-15)23-20(27)13-26(2)14-21(28)25-19-6-4-3-5-18(19)22(29)24-17-11-12-17/h3-10,17H,11-14H2,1-2H3,(H,23,27)(H,24,29)(H,25,28). The smallest absolute Gasteiger partial charge is 0.253 e. The quantitative estimate of drug-likeness (QED) is 0.641. The molecule has 0 radical (unpaired) electrons. The van der Waals surface area contributed by atoms with Gasteiger partial charge in [0.25, 0.3) is 5.91 Å². The molecule has 0 unspecified atom stereocenters. The van der Waals surface area contributed by atoms with E-state index in [2.05, 4.69) is 16.0 Å². The third kappa shape index (κ3) is 6.43. The zero-order chi connectivity index (χ0) is 20.8. The molecular formula is C22H26N4O3. The van der Waals surface area contributed by atoms with Gasteiger partial charge in [0.05, 0.1) is 24.3 Å². The number of carbonyl (C=O) groups is 3. The van der Waals surface area contributed by atoms with Crippen molar-refractivity contribution < 1.29 is 14.4 Å². The maximum Gasteiger partial charge on any atom is 0.253 e. The summed E-state index contributed by atoms with van der Waals surface area (Å²) in [6.07, 6.45) is 1.99. The van der Waals surface area contributed by atoms with Gasteiger partial charge in [-0.05, 0) is 51.1 Å². The van der Waals surface area contributed by atoms with E-state index >= 15 is 0 Å². The first kappa shape index (κ1) is 20.5. The summed E-state index contributed by atoms with van der Waals surface area (Å²) in [6, 6.07) is 14.7. The molecule has 3 N–H and O–H groups in total. The number of nitrogens with one attached hydrogen (secondary N) is 3. The molecule has 0 saturated heterocycles. The van der Waals surface area contributed by atoms with Gasteiger partial charge in [0.15, 0.2) is 0 Å². The van der Waals surface area contributed by atoms with Gasteiger partial charge < -0.3 is 16.0 Å². The number of nitrogens with zero attached hydrogens (tertiary/aromatic N) is 1. The SMILES string of the molecule is Cc1ccc(NC(=O)CN(C)CC(=O)Nc2ccccc2C(=O)NC2CC2)cc1. The summed E-state index contributed by atoms with van der Waals surface area (Å²) < 4.78 is 0. The van der Waals surface area contributed by atoms with Gasteiger partial charge in [-0.15, -0.1) is 0 Å². The number of amides is 3. The molecule has 29 heavy (non-hydrogen) atoms. The highest BCUT2D eigenvalue weighted by Gasteiger charge is 2.25. The Morgan fingerprint density at radius 3 is 2.21 bits per heavy atom. The summed E-state index contributed by atoms with van der Waals surface area (Å²) in [5, 5.41) is 8.50. The second kappa shape index (κ2) is 9.34. The van der Waals surface area contributed by atoms with Crippen molar-refractivity contribution in [3.63, 3.8) is 0 Å². The molecule has 2 aromatic carbocycles. The minimum Gasteiger partial charge on any atom is -0.349 e. The molecule has 0 heterocycles. The normalized spacial score (nSPS) is 13.1. The van der Waals surface area contributed by atoms with Crippen molar-refractivity contribution >= 4 is 29.1 Å². The predicted molar refractivity (Wildman–Crippen MR) is 113 cm³/mol. The highest BCUT2D eigenvalue weighted by atomic mass is 16.2. The van der Waals surface area contributed by atoms with Crippen molar-refractivity contribution in [2.75, 3.05) is 30.8 Å². The van der Waals surface area contributed by atoms with Crippen LogP contribution in [-0.4, -0.2) is 48.8 Å². The molecule has 0 aromatic heterocycles. The lowest BCUT2D eigenvalue weighted by atomic mass is 10.1. The molecule has 1 fully saturated rings. The van der Waals surface area contributed by atoms with Crippen LogP contribution in [0.3, 0.4) is 0 Å². The number of benzene rings is 2. The molecule has 1 aliphatic carbocycles. The van der Waals surface area contributed by atoms with E-state index in [1.165, 1.54) is 0 Å². The van der Waals surface area contributed by atoms with Gasteiger partial charge in [0.2, 0.25) is 11.8 Å². The van der Waals surface area contributed by atoms with Gasteiger partial charge in [0, 0.05) is 11.7 Å². The number of hydrogen-bond acceptors (Lipinski definition) is 4. The number of rotatable bonds is 8. The fourth-order valence-electron chi connectivity index (χ4n) is 2.85. The molecule has 7 nitrogen and oxygen atoms in total. The van der Waals surface area contributed by atoms with E-state index in [1.54, 1.807) is 36.2 Å². The Kier molecular flexibility index (Phi) is 6.61. The van der Waals surface area contributed by atoms with E-state index in [4.69, 9.17) is 0 Å². The Morgan fingerprint density at radius 2 is 1.55 bits per heavy atom. The van der Waals surface area contributed by atoms with E-state index < -0.39 is 0 Å². The van der Waals surface area contributed by atoms with Gasteiger partial charge in [0.1, 0.15) is 0 Å². The molecular weight excluding hydrogens is 368 g/mol. The van der Waals surface area contributed by atoms with E-state index in [0.29, 0.717) is 16.9 Å². The van der Waals surface area contributed by atoms with Crippen LogP contribution >= 0.6 is 0 Å². The van der Waals surface area contributed by atoms with Gasteiger partial charge in [-0.1, -0.05) is 29.8 Å². The van der Waals surface area contributed by atoms with Crippen LogP contribution in [0.5, 0.6) is 0 Å². The van der Waals surface area contributed by atoms with Gasteiger partial charge in [-0.25, -0.2) is 0 Å². The third-order valence-electron chi connectivity index (χ3n) is 4.52. The molecule has 0 spiro atoms. The molecule has 0 aliphatic heterocycles. The highest BCUT2D eigenvalue weighted by Crippen LogP contribution is 2.21. The van der Waals surface area contributed by atoms with Crippen molar-refractivity contribution in [1.82, 2.24) is 10.2 Å². The number of hydrogen-bond donors (Lipinski definition) is 3. The van der Waals surface area contributed by atoms with E-state index in [9.17, 15) is 14.4 Å². The van der Waals surface area contributed by atoms with Crippen LogP contribution in [0, 0.1) is 6.92 Å². The average molecular weight is 394 g/mol. The molecule has 0 atom stereocenters. The van der Waals surface area contributed by atoms with Crippen molar-refractivity contribution in [3.8, 4) is 0 Å². The van der Waals surface area contributed by atoms with Crippen LogP contribution in [0.4, 0.5) is 11.4 Å². The predicted octanol–water partition coefficient (Wildman–Crippen LogP) is 2.40. The molecule has 1 saturated carbocycles. The first-order valence-corrected chi connectivity index (χ1v) is 9.65. The largest absolute Gasteiger partial charge is 0.349 e. The molecule has 7 heteroatoms. The fraction of sp³-hybridized carbons (Fsp3) is 0.318. The second-order valence-electron chi connectivity index (χ2n) is 7.43. The van der Waals surface area contributed by atoms with E-state index in [1.807, 2.05) is 31.2 Å². The Morgan fingerprint density at radius 1 is 0.931 bits per heavy atom. The van der Waals surface area contributed by atoms with E-state index in [0.717, 1.165) is 18.4 Å². The molecule has 0 bridgehead atoms. The summed E-state index contributed by atoms with van der Waals surface area (Å²) in [7, 11) is 1.69. The zero-order valence-electron chi connectivity index (χ0n) is 16.7. The Hall–Kier alpha value is -3.19. The number of anilines is 2. The van der Waals surface area contributed by atoms with Crippen LogP contribution in [-0.2, 0) is 9.59 Å². The van der Waals surface area contributed by atoms with Gasteiger partial charge in [-0.3, -0.25) is 19.3 Å². The summed E-state index contributed by atoms with van der Waals surface area (Å²) in [5.74, 6) is -0.676. The number of aryl methyl sites for hydroxylation is 1. The topological polar surface area (TPSA) is 90.5 Å². The molecule has 3 amide bonds. The fourth-order valence-corrected chi connectivity index (χ4v) is 2.85. The molecule has 1 aliphatic rings. The average Bonchev–Trinajstić information content (AvgIpc) is 3.47. The van der Waals surface area contributed by atoms with Crippen LogP contribution < -0.4 is 16.0 Å². The van der Waals surface area contributed by atoms with E-state index in [-0.39, 0.29) is 36.9 Å². The summed E-state index contributed by atoms with van der Waals surface area (Å²) in [6.45, 7) is 2.08. The number of para-hydroxylation sites is 1. The Bertz CT molecular complexity index is 891. The van der Waals surface area contributed by atoms with Crippen LogP contribution in [0.2, 0.25) is 0 Å². The van der Waals surface area contributed by atoms with Crippen molar-refractivity contribution in [1.29, 1.82) is 0 Å². The number of likely N-dealkylation sites (N-methyl/N-ethyl adjacent to an activating group) is 1. The Balaban J connectivity index is 1.50.